The van der Waals surface area contributed by atoms with E-state index in [1.54, 1.807) is 11.1 Å². The molecule has 0 spiro atoms. The Kier molecular flexibility index (Phi) is 5.18. The van der Waals surface area contributed by atoms with E-state index in [9.17, 15) is 9.59 Å². The van der Waals surface area contributed by atoms with Gasteiger partial charge in [0.25, 0.3) is 5.91 Å². The van der Waals surface area contributed by atoms with E-state index in [2.05, 4.69) is 15.5 Å². The number of carbonyl (C=O) groups excluding carboxylic acids is 2. The van der Waals surface area contributed by atoms with Crippen LogP contribution in [-0.2, 0) is 4.79 Å². The molecule has 7 nitrogen and oxygen atoms in total. The SMILES string of the molecule is CCNC(=O)[C@@H]1C[C@@H](N)CN1C(=O)c1cn[nH]c1C1CCCCC1. The lowest BCUT2D eigenvalue weighted by molar-refractivity contribution is -0.124. The quantitative estimate of drug-likeness (QED) is 0.768. The van der Waals surface area contributed by atoms with Crippen LogP contribution in [0.4, 0.5) is 0 Å². The molecule has 1 aliphatic heterocycles. The predicted octanol–water partition coefficient (Wildman–Crippen LogP) is 1.14. The maximum Gasteiger partial charge on any atom is 0.258 e. The Bertz CT molecular complexity index is 594. The van der Waals surface area contributed by atoms with E-state index in [1.807, 2.05) is 6.92 Å². The summed E-state index contributed by atoms with van der Waals surface area (Å²) in [5.41, 5.74) is 7.55. The maximum atomic E-state index is 13.1. The average Bonchev–Trinajstić information content (AvgIpc) is 3.22. The van der Waals surface area contributed by atoms with Gasteiger partial charge >= 0.3 is 0 Å². The zero-order valence-corrected chi connectivity index (χ0v) is 14.3. The Hall–Kier alpha value is -1.89. The normalized spacial score (nSPS) is 25.0. The summed E-state index contributed by atoms with van der Waals surface area (Å²) in [6.07, 6.45) is 7.91. The smallest absolute Gasteiger partial charge is 0.258 e. The zero-order chi connectivity index (χ0) is 17.1. The second-order valence-electron chi connectivity index (χ2n) is 6.90. The highest BCUT2D eigenvalue weighted by Gasteiger charge is 2.39. The first kappa shape index (κ1) is 17.0. The molecule has 3 rings (SSSR count). The van der Waals surface area contributed by atoms with Crippen molar-refractivity contribution in [2.45, 2.75) is 63.5 Å². The largest absolute Gasteiger partial charge is 0.355 e. The molecule has 4 N–H and O–H groups in total. The molecule has 1 aromatic rings. The number of rotatable bonds is 4. The third-order valence-electron chi connectivity index (χ3n) is 5.16. The number of likely N-dealkylation sites (tertiary alicyclic amines) is 1. The first-order chi connectivity index (χ1) is 11.6. The van der Waals surface area contributed by atoms with E-state index in [0.29, 0.717) is 31.0 Å². The standard InChI is InChI=1S/C17H27N5O2/c1-2-19-16(23)14-8-12(18)10-22(14)17(24)13-9-20-21-15(13)11-6-4-3-5-7-11/h9,11-12,14H,2-8,10,18H2,1H3,(H,19,23)(H,20,21)/t12-,14+/m1/s1. The minimum Gasteiger partial charge on any atom is -0.355 e. The van der Waals surface area contributed by atoms with Gasteiger partial charge in [-0.05, 0) is 26.2 Å². The maximum absolute atomic E-state index is 13.1. The number of nitrogens with zero attached hydrogens (tertiary/aromatic N) is 2. The third kappa shape index (κ3) is 3.31. The number of amides is 2. The van der Waals surface area contributed by atoms with Gasteiger partial charge in [0.2, 0.25) is 5.91 Å². The first-order valence-corrected chi connectivity index (χ1v) is 8.99. The average molecular weight is 333 g/mol. The number of likely N-dealkylation sites (N-methyl/N-ethyl adjacent to an activating group) is 1. The van der Waals surface area contributed by atoms with Gasteiger partial charge in [-0.15, -0.1) is 0 Å². The molecule has 0 radical (unpaired) electrons. The Labute approximate surface area is 142 Å². The molecule has 0 unspecified atom stereocenters. The molecule has 1 saturated carbocycles. The van der Waals surface area contributed by atoms with Crippen LogP contribution in [0.25, 0.3) is 0 Å². The minimum absolute atomic E-state index is 0.124. The topological polar surface area (TPSA) is 104 Å². The number of hydrogen-bond acceptors (Lipinski definition) is 4. The van der Waals surface area contributed by atoms with Crippen molar-refractivity contribution in [3.05, 3.63) is 17.5 Å². The highest BCUT2D eigenvalue weighted by molar-refractivity contribution is 5.98. The molecular formula is C17H27N5O2. The van der Waals surface area contributed by atoms with E-state index >= 15 is 0 Å². The van der Waals surface area contributed by atoms with Gasteiger partial charge in [0.15, 0.2) is 0 Å². The Morgan fingerprint density at radius 3 is 2.83 bits per heavy atom. The molecule has 0 bridgehead atoms. The molecule has 2 aliphatic rings. The van der Waals surface area contributed by atoms with Crippen molar-refractivity contribution in [3.63, 3.8) is 0 Å². The van der Waals surface area contributed by atoms with Crippen molar-refractivity contribution in [2.75, 3.05) is 13.1 Å². The number of hydrogen-bond donors (Lipinski definition) is 3. The Morgan fingerprint density at radius 1 is 1.38 bits per heavy atom. The third-order valence-corrected chi connectivity index (χ3v) is 5.16. The summed E-state index contributed by atoms with van der Waals surface area (Å²) in [6.45, 7) is 2.83. The fraction of sp³-hybridized carbons (Fsp3) is 0.706. The molecule has 7 heteroatoms. The molecule has 2 fully saturated rings. The van der Waals surface area contributed by atoms with E-state index in [1.165, 1.54) is 19.3 Å². The first-order valence-electron chi connectivity index (χ1n) is 8.99. The second-order valence-corrected chi connectivity index (χ2v) is 6.90. The van der Waals surface area contributed by atoms with Crippen LogP contribution in [0.15, 0.2) is 6.20 Å². The number of nitrogens with one attached hydrogen (secondary N) is 2. The van der Waals surface area contributed by atoms with Gasteiger partial charge in [-0.25, -0.2) is 0 Å². The minimum atomic E-state index is -0.485. The lowest BCUT2D eigenvalue weighted by Crippen LogP contribution is -2.46. The van der Waals surface area contributed by atoms with Crippen LogP contribution in [0, 0.1) is 0 Å². The van der Waals surface area contributed by atoms with Crippen LogP contribution in [0.2, 0.25) is 0 Å². The molecule has 24 heavy (non-hydrogen) atoms. The second kappa shape index (κ2) is 7.34. The van der Waals surface area contributed by atoms with E-state index in [0.717, 1.165) is 18.5 Å². The highest BCUT2D eigenvalue weighted by atomic mass is 16.2. The molecule has 132 valence electrons. The monoisotopic (exact) mass is 333 g/mol. The molecule has 1 aliphatic carbocycles. The summed E-state index contributed by atoms with van der Waals surface area (Å²) in [5, 5.41) is 9.95. The lowest BCUT2D eigenvalue weighted by atomic mass is 9.85. The van der Waals surface area contributed by atoms with Gasteiger partial charge in [0, 0.05) is 25.0 Å². The molecule has 2 heterocycles. The number of aromatic nitrogens is 2. The van der Waals surface area contributed by atoms with Gasteiger partial charge < -0.3 is 16.0 Å². The van der Waals surface area contributed by atoms with Crippen molar-refractivity contribution in [1.29, 1.82) is 0 Å². The van der Waals surface area contributed by atoms with Crippen LogP contribution in [0.3, 0.4) is 0 Å². The van der Waals surface area contributed by atoms with Crippen molar-refractivity contribution in [2.24, 2.45) is 5.73 Å². The summed E-state index contributed by atoms with van der Waals surface area (Å²) < 4.78 is 0. The van der Waals surface area contributed by atoms with Gasteiger partial charge in [-0.3, -0.25) is 14.7 Å². The summed E-state index contributed by atoms with van der Waals surface area (Å²) in [5.74, 6) is 0.106. The van der Waals surface area contributed by atoms with Gasteiger partial charge in [-0.2, -0.15) is 5.10 Å². The Balaban J connectivity index is 1.80. The van der Waals surface area contributed by atoms with E-state index < -0.39 is 6.04 Å². The van der Waals surface area contributed by atoms with Crippen LogP contribution in [0.1, 0.15) is 67.4 Å². The van der Waals surface area contributed by atoms with Crippen molar-refractivity contribution in [3.8, 4) is 0 Å². The number of aromatic amines is 1. The molecule has 2 amide bonds. The molecule has 1 aromatic heterocycles. The van der Waals surface area contributed by atoms with Crippen LogP contribution in [0.5, 0.6) is 0 Å². The van der Waals surface area contributed by atoms with E-state index in [-0.39, 0.29) is 17.9 Å². The summed E-state index contributed by atoms with van der Waals surface area (Å²) >= 11 is 0. The summed E-state index contributed by atoms with van der Waals surface area (Å²) in [6, 6.07) is -0.645. The summed E-state index contributed by atoms with van der Waals surface area (Å²) in [7, 11) is 0. The molecule has 2 atom stereocenters. The fourth-order valence-corrected chi connectivity index (χ4v) is 3.96. The molecular weight excluding hydrogens is 306 g/mol. The van der Waals surface area contributed by atoms with Crippen LogP contribution in [-0.4, -0.2) is 52.1 Å². The number of carbonyl (C=O) groups is 2. The number of nitrogens with two attached hydrogens (primary N) is 1. The van der Waals surface area contributed by atoms with E-state index in [4.69, 9.17) is 5.73 Å². The van der Waals surface area contributed by atoms with Crippen molar-refractivity contribution < 1.29 is 9.59 Å². The Morgan fingerprint density at radius 2 is 2.12 bits per heavy atom. The van der Waals surface area contributed by atoms with Gasteiger partial charge in [0.05, 0.1) is 17.5 Å². The van der Waals surface area contributed by atoms with Crippen LogP contribution < -0.4 is 11.1 Å². The van der Waals surface area contributed by atoms with Gasteiger partial charge in [0.1, 0.15) is 6.04 Å². The highest BCUT2D eigenvalue weighted by Crippen LogP contribution is 2.34. The predicted molar refractivity (Wildman–Crippen MR) is 90.5 cm³/mol. The fourth-order valence-electron chi connectivity index (χ4n) is 3.96. The lowest BCUT2D eigenvalue weighted by Gasteiger charge is -2.25. The van der Waals surface area contributed by atoms with Gasteiger partial charge in [-0.1, -0.05) is 19.3 Å². The van der Waals surface area contributed by atoms with Crippen molar-refractivity contribution in [1.82, 2.24) is 20.4 Å². The zero-order valence-electron chi connectivity index (χ0n) is 14.3. The molecule has 1 saturated heterocycles. The summed E-state index contributed by atoms with van der Waals surface area (Å²) in [4.78, 5) is 27.0. The van der Waals surface area contributed by atoms with Crippen molar-refractivity contribution >= 4 is 11.8 Å². The molecule has 0 aromatic carbocycles. The number of H-pyrrole nitrogens is 1. The van der Waals surface area contributed by atoms with Crippen LogP contribution >= 0.6 is 0 Å².